The van der Waals surface area contributed by atoms with Gasteiger partial charge in [-0.2, -0.15) is 0 Å². The number of nitrogens with zero attached hydrogens (tertiary/aromatic N) is 2. The molecule has 1 aromatic heterocycles. The molecular weight excluding hydrogens is 488 g/mol. The highest BCUT2D eigenvalue weighted by Gasteiger charge is 2.12. The Hall–Kier alpha value is -4.17. The second-order valence-electron chi connectivity index (χ2n) is 8.13. The lowest BCUT2D eigenvalue weighted by atomic mass is 10.2. The molecule has 3 rings (SSSR count). The van der Waals surface area contributed by atoms with Crippen LogP contribution in [0.15, 0.2) is 72.8 Å². The van der Waals surface area contributed by atoms with E-state index in [9.17, 15) is 9.59 Å². The van der Waals surface area contributed by atoms with Crippen LogP contribution in [-0.4, -0.2) is 48.0 Å². The number of allylic oxidation sites excluding steroid dienone is 2. The Labute approximate surface area is 222 Å². The monoisotopic (exact) mass is 518 g/mol. The van der Waals surface area contributed by atoms with Gasteiger partial charge >= 0.3 is 0 Å². The van der Waals surface area contributed by atoms with E-state index in [1.165, 1.54) is 13.0 Å². The summed E-state index contributed by atoms with van der Waals surface area (Å²) in [5.74, 6) is 1.57. The van der Waals surface area contributed by atoms with Crippen molar-refractivity contribution in [2.24, 2.45) is 0 Å². The van der Waals surface area contributed by atoms with Gasteiger partial charge in [0, 0.05) is 55.3 Å². The Bertz CT molecular complexity index is 1240. The van der Waals surface area contributed by atoms with E-state index in [1.54, 1.807) is 18.2 Å². The zero-order valence-corrected chi connectivity index (χ0v) is 21.7. The van der Waals surface area contributed by atoms with E-state index in [0.717, 1.165) is 16.7 Å². The van der Waals surface area contributed by atoms with E-state index in [1.807, 2.05) is 61.5 Å². The Morgan fingerprint density at radius 2 is 1.46 bits per heavy atom. The highest BCUT2D eigenvalue weighted by Crippen LogP contribution is 2.26. The molecule has 3 aromatic rings. The molecule has 2 amide bonds. The van der Waals surface area contributed by atoms with Gasteiger partial charge in [-0.1, -0.05) is 60.2 Å². The van der Waals surface area contributed by atoms with E-state index in [0.29, 0.717) is 48.7 Å². The average molecular weight is 519 g/mol. The number of hydrogen-bond acceptors (Lipinski definition) is 6. The molecule has 192 valence electrons. The second-order valence-corrected chi connectivity index (χ2v) is 8.57. The zero-order valence-electron chi connectivity index (χ0n) is 20.9. The maximum absolute atomic E-state index is 12.1. The first-order chi connectivity index (χ1) is 17.9. The van der Waals surface area contributed by atoms with Gasteiger partial charge in [0.2, 0.25) is 11.8 Å². The van der Waals surface area contributed by atoms with Gasteiger partial charge in [-0.3, -0.25) is 9.59 Å². The predicted molar refractivity (Wildman–Crippen MR) is 151 cm³/mol. The maximum atomic E-state index is 12.1. The zero-order chi connectivity index (χ0) is 26.5. The molecule has 0 bridgehead atoms. The Balaban J connectivity index is 1.59. The van der Waals surface area contributed by atoms with Crippen molar-refractivity contribution in [1.82, 2.24) is 20.6 Å². The van der Waals surface area contributed by atoms with Crippen LogP contribution in [0.4, 0.5) is 11.6 Å². The summed E-state index contributed by atoms with van der Waals surface area (Å²) in [4.78, 5) is 32.6. The minimum absolute atomic E-state index is 0.0884. The molecule has 0 aliphatic carbocycles. The van der Waals surface area contributed by atoms with Crippen molar-refractivity contribution in [2.75, 3.05) is 36.8 Å². The summed E-state index contributed by atoms with van der Waals surface area (Å²) in [6, 6.07) is 17.2. The summed E-state index contributed by atoms with van der Waals surface area (Å²) < 4.78 is 0. The lowest BCUT2D eigenvalue weighted by molar-refractivity contribution is -0.119. The smallest absolute Gasteiger partial charge is 0.244 e. The lowest BCUT2D eigenvalue weighted by Crippen LogP contribution is -2.28. The summed E-state index contributed by atoms with van der Waals surface area (Å²) in [6.45, 7) is 5.26. The fraction of sp³-hybridized carbons (Fsp3) is 0.214. The first-order valence-corrected chi connectivity index (χ1v) is 12.3. The van der Waals surface area contributed by atoms with E-state index in [-0.39, 0.29) is 11.8 Å². The Morgan fingerprint density at radius 1 is 0.838 bits per heavy atom. The van der Waals surface area contributed by atoms with Gasteiger partial charge in [-0.15, -0.1) is 0 Å². The van der Waals surface area contributed by atoms with Crippen molar-refractivity contribution >= 4 is 41.1 Å². The quantitative estimate of drug-likeness (QED) is 0.160. The number of rotatable bonds is 12. The van der Waals surface area contributed by atoms with Gasteiger partial charge in [0.1, 0.15) is 11.6 Å². The van der Waals surface area contributed by atoms with Crippen molar-refractivity contribution in [3.05, 3.63) is 89.0 Å². The summed E-state index contributed by atoms with van der Waals surface area (Å²) in [5, 5.41) is 12.8. The van der Waals surface area contributed by atoms with Gasteiger partial charge in [0.05, 0.1) is 0 Å². The number of carbonyl (C=O) groups excluding carboxylic acids is 2. The van der Waals surface area contributed by atoms with Crippen LogP contribution in [0.3, 0.4) is 0 Å². The molecule has 0 fully saturated rings. The summed E-state index contributed by atoms with van der Waals surface area (Å²) in [5.41, 5.74) is 2.72. The molecule has 2 aromatic carbocycles. The molecule has 1 heterocycles. The van der Waals surface area contributed by atoms with Crippen LogP contribution in [0.2, 0.25) is 5.02 Å². The molecule has 0 saturated carbocycles. The maximum Gasteiger partial charge on any atom is 0.244 e. The van der Waals surface area contributed by atoms with Crippen molar-refractivity contribution in [3.8, 4) is 11.4 Å². The van der Waals surface area contributed by atoms with Gasteiger partial charge in [0.25, 0.3) is 0 Å². The number of nitrogens with one attached hydrogen (secondary N) is 4. The highest BCUT2D eigenvalue weighted by molar-refractivity contribution is 6.30. The summed E-state index contributed by atoms with van der Waals surface area (Å²) in [7, 11) is 0. The van der Waals surface area contributed by atoms with E-state index < -0.39 is 0 Å². The average Bonchev–Trinajstić information content (AvgIpc) is 2.89. The fourth-order valence-electron chi connectivity index (χ4n) is 3.31. The molecule has 0 unspecified atom stereocenters. The number of anilines is 2. The normalized spacial score (nSPS) is 11.0. The van der Waals surface area contributed by atoms with E-state index in [4.69, 9.17) is 11.6 Å². The van der Waals surface area contributed by atoms with Gasteiger partial charge in [-0.05, 0) is 36.8 Å². The topological polar surface area (TPSA) is 108 Å². The van der Waals surface area contributed by atoms with Gasteiger partial charge in [0.15, 0.2) is 5.82 Å². The van der Waals surface area contributed by atoms with E-state index in [2.05, 4.69) is 31.2 Å². The minimum atomic E-state index is -0.180. The third-order valence-electron chi connectivity index (χ3n) is 5.20. The third-order valence-corrected chi connectivity index (χ3v) is 5.46. The molecule has 0 atom stereocenters. The first-order valence-electron chi connectivity index (χ1n) is 12.0. The highest BCUT2D eigenvalue weighted by atomic mass is 35.5. The number of hydrogen-bond donors (Lipinski definition) is 4. The van der Waals surface area contributed by atoms with Crippen molar-refractivity contribution in [2.45, 2.75) is 13.8 Å². The van der Waals surface area contributed by atoms with Crippen molar-refractivity contribution < 1.29 is 9.59 Å². The van der Waals surface area contributed by atoms with Crippen LogP contribution < -0.4 is 21.3 Å². The minimum Gasteiger partial charge on any atom is -0.368 e. The lowest BCUT2D eigenvalue weighted by Gasteiger charge is -2.16. The molecule has 0 radical (unpaired) electrons. The first kappa shape index (κ1) is 27.4. The predicted octanol–water partition coefficient (Wildman–Crippen LogP) is 4.45. The van der Waals surface area contributed by atoms with Crippen LogP contribution in [-0.2, 0) is 9.59 Å². The van der Waals surface area contributed by atoms with E-state index >= 15 is 0 Å². The standard InChI is InChI=1S/C28H31ClN6O2/c1-20-26(32-18-16-30-21(2)36)34-28(23-12-14-24(29)15-13-23)35-27(20)33-19-17-31-25(37)11-7-6-10-22-8-4-3-5-9-22/h3-15H,16-19H2,1-2H3,(H,30,36)(H,31,37)(H2,32,33,34,35)/b10-6+,11-7+. The molecule has 9 heteroatoms. The van der Waals surface area contributed by atoms with Crippen LogP contribution in [0.5, 0.6) is 0 Å². The summed E-state index contributed by atoms with van der Waals surface area (Å²) >= 11 is 6.03. The number of halogens is 1. The number of aromatic nitrogens is 2. The van der Waals surface area contributed by atoms with Crippen molar-refractivity contribution in [1.29, 1.82) is 0 Å². The molecule has 0 saturated heterocycles. The van der Waals surface area contributed by atoms with Gasteiger partial charge < -0.3 is 21.3 Å². The molecular formula is C28H31ClN6O2. The van der Waals surface area contributed by atoms with Crippen LogP contribution >= 0.6 is 11.6 Å². The van der Waals surface area contributed by atoms with Crippen molar-refractivity contribution in [3.63, 3.8) is 0 Å². The van der Waals surface area contributed by atoms with Crippen LogP contribution in [0, 0.1) is 6.92 Å². The molecule has 0 aliphatic heterocycles. The SMILES string of the molecule is CC(=O)NCCNc1nc(-c2ccc(Cl)cc2)nc(NCCNC(=O)/C=C/C=C/c2ccccc2)c1C. The summed E-state index contributed by atoms with van der Waals surface area (Å²) in [6.07, 6.45) is 6.96. The largest absolute Gasteiger partial charge is 0.368 e. The number of carbonyl (C=O) groups is 2. The molecule has 37 heavy (non-hydrogen) atoms. The fourth-order valence-corrected chi connectivity index (χ4v) is 3.43. The molecule has 8 nitrogen and oxygen atoms in total. The number of benzene rings is 2. The van der Waals surface area contributed by atoms with Crippen LogP contribution in [0.1, 0.15) is 18.1 Å². The molecule has 0 aliphatic rings. The Morgan fingerprint density at radius 3 is 2.08 bits per heavy atom. The third kappa shape index (κ3) is 9.42. The number of amides is 2. The molecule has 4 N–H and O–H groups in total. The Kier molecular flexibility index (Phi) is 10.7. The van der Waals surface area contributed by atoms with Gasteiger partial charge in [-0.25, -0.2) is 9.97 Å². The second kappa shape index (κ2) is 14.4. The molecule has 0 spiro atoms. The van der Waals surface area contributed by atoms with Crippen LogP contribution in [0.25, 0.3) is 17.5 Å².